The van der Waals surface area contributed by atoms with Crippen molar-refractivity contribution in [2.24, 2.45) is 0 Å². The van der Waals surface area contributed by atoms with Crippen LogP contribution in [0, 0.1) is 0 Å². The lowest BCUT2D eigenvalue weighted by Gasteiger charge is -2.17. The predicted octanol–water partition coefficient (Wildman–Crippen LogP) is 1.72. The van der Waals surface area contributed by atoms with Gasteiger partial charge < -0.3 is 20.2 Å². The van der Waals surface area contributed by atoms with Crippen LogP contribution in [0.1, 0.15) is 19.1 Å². The standard InChI is InChI=1S/C13H20N2O4S/c1-9(8-10-4-3-6-19-10)14-13(18)15-11(12(16)17)5-7-20-2/h3-4,6,9,11H,5,7-8H2,1-2H3,(H,16,17)(H2,14,15,18)/t9?,11-/m1/s1. The van der Waals surface area contributed by atoms with Crippen molar-refractivity contribution in [2.75, 3.05) is 12.0 Å². The average Bonchev–Trinajstić information content (AvgIpc) is 2.86. The molecule has 0 aliphatic carbocycles. The quantitative estimate of drug-likeness (QED) is 0.680. The van der Waals surface area contributed by atoms with Crippen molar-refractivity contribution in [3.8, 4) is 0 Å². The molecule has 20 heavy (non-hydrogen) atoms. The molecule has 1 rings (SSSR count). The summed E-state index contributed by atoms with van der Waals surface area (Å²) in [6, 6.07) is 2.13. The molecule has 0 saturated carbocycles. The van der Waals surface area contributed by atoms with E-state index < -0.39 is 18.0 Å². The Morgan fingerprint density at radius 3 is 2.75 bits per heavy atom. The second-order valence-electron chi connectivity index (χ2n) is 4.47. The molecule has 2 atom stereocenters. The monoisotopic (exact) mass is 300 g/mol. The van der Waals surface area contributed by atoms with Gasteiger partial charge in [0.2, 0.25) is 0 Å². The van der Waals surface area contributed by atoms with Gasteiger partial charge in [-0.3, -0.25) is 0 Å². The molecule has 112 valence electrons. The zero-order valence-electron chi connectivity index (χ0n) is 11.6. The number of carboxylic acids is 1. The number of hydrogen-bond donors (Lipinski definition) is 3. The van der Waals surface area contributed by atoms with Crippen molar-refractivity contribution < 1.29 is 19.1 Å². The van der Waals surface area contributed by atoms with E-state index in [0.29, 0.717) is 18.6 Å². The fourth-order valence-electron chi connectivity index (χ4n) is 1.70. The third kappa shape index (κ3) is 6.01. The molecular weight excluding hydrogens is 280 g/mol. The van der Waals surface area contributed by atoms with Gasteiger partial charge in [0.1, 0.15) is 11.8 Å². The van der Waals surface area contributed by atoms with Gasteiger partial charge in [-0.25, -0.2) is 9.59 Å². The van der Waals surface area contributed by atoms with E-state index in [2.05, 4.69) is 10.6 Å². The number of carbonyl (C=O) groups is 2. The second kappa shape index (κ2) is 8.52. The Kier molecular flexibility index (Phi) is 7.00. The van der Waals surface area contributed by atoms with Gasteiger partial charge in [-0.2, -0.15) is 11.8 Å². The summed E-state index contributed by atoms with van der Waals surface area (Å²) < 4.78 is 5.19. The number of thioether (sulfide) groups is 1. The Bertz CT molecular complexity index is 422. The highest BCUT2D eigenvalue weighted by Crippen LogP contribution is 2.04. The first-order valence-corrected chi connectivity index (χ1v) is 7.73. The Morgan fingerprint density at radius 2 is 2.20 bits per heavy atom. The van der Waals surface area contributed by atoms with Gasteiger partial charge in [0.15, 0.2) is 0 Å². The summed E-state index contributed by atoms with van der Waals surface area (Å²) in [5.74, 6) is 0.432. The van der Waals surface area contributed by atoms with Crippen molar-refractivity contribution in [2.45, 2.75) is 31.8 Å². The molecule has 1 aromatic heterocycles. The average molecular weight is 300 g/mol. The molecule has 1 heterocycles. The number of amides is 2. The lowest BCUT2D eigenvalue weighted by atomic mass is 10.2. The largest absolute Gasteiger partial charge is 0.480 e. The van der Waals surface area contributed by atoms with Crippen LogP contribution >= 0.6 is 11.8 Å². The number of aliphatic carboxylic acids is 1. The maximum atomic E-state index is 11.7. The number of rotatable bonds is 8. The first-order chi connectivity index (χ1) is 9.52. The van der Waals surface area contributed by atoms with Crippen LogP contribution in [0.5, 0.6) is 0 Å². The van der Waals surface area contributed by atoms with Crippen LogP contribution in [0.3, 0.4) is 0 Å². The van der Waals surface area contributed by atoms with E-state index >= 15 is 0 Å². The molecule has 0 radical (unpaired) electrons. The molecule has 7 heteroatoms. The molecule has 0 aliphatic heterocycles. The minimum atomic E-state index is -1.02. The van der Waals surface area contributed by atoms with E-state index in [1.54, 1.807) is 24.1 Å². The van der Waals surface area contributed by atoms with Gasteiger partial charge in [-0.15, -0.1) is 0 Å². The molecule has 1 unspecified atom stereocenters. The molecule has 0 aliphatic rings. The summed E-state index contributed by atoms with van der Waals surface area (Å²) in [7, 11) is 0. The highest BCUT2D eigenvalue weighted by molar-refractivity contribution is 7.98. The SMILES string of the molecule is CSCC[C@@H](NC(=O)NC(C)Cc1ccco1)C(=O)O. The van der Waals surface area contributed by atoms with E-state index in [4.69, 9.17) is 9.52 Å². The van der Waals surface area contributed by atoms with E-state index in [-0.39, 0.29) is 6.04 Å². The summed E-state index contributed by atoms with van der Waals surface area (Å²) in [6.45, 7) is 1.83. The Hall–Kier alpha value is -1.63. The van der Waals surface area contributed by atoms with Crippen molar-refractivity contribution in [3.05, 3.63) is 24.2 Å². The van der Waals surface area contributed by atoms with Crippen molar-refractivity contribution in [1.29, 1.82) is 0 Å². The topological polar surface area (TPSA) is 91.6 Å². The highest BCUT2D eigenvalue weighted by atomic mass is 32.2. The lowest BCUT2D eigenvalue weighted by Crippen LogP contribution is -2.49. The molecular formula is C13H20N2O4S. The molecule has 6 nitrogen and oxygen atoms in total. The van der Waals surface area contributed by atoms with E-state index in [9.17, 15) is 9.59 Å². The van der Waals surface area contributed by atoms with E-state index in [0.717, 1.165) is 5.76 Å². The van der Waals surface area contributed by atoms with E-state index in [1.807, 2.05) is 19.2 Å². The maximum absolute atomic E-state index is 11.7. The van der Waals surface area contributed by atoms with Gasteiger partial charge in [-0.05, 0) is 37.5 Å². The van der Waals surface area contributed by atoms with Gasteiger partial charge in [0.25, 0.3) is 0 Å². The fourth-order valence-corrected chi connectivity index (χ4v) is 2.17. The number of furan rings is 1. The normalized spacial score (nSPS) is 13.5. The number of carboxylic acid groups (broad SMARTS) is 1. The molecule has 0 aromatic carbocycles. The minimum absolute atomic E-state index is 0.142. The first kappa shape index (κ1) is 16.4. The Morgan fingerprint density at radius 1 is 1.45 bits per heavy atom. The number of nitrogens with one attached hydrogen (secondary N) is 2. The van der Waals surface area contributed by atoms with Crippen molar-refractivity contribution >= 4 is 23.8 Å². The summed E-state index contributed by atoms with van der Waals surface area (Å²) in [5, 5.41) is 14.2. The van der Waals surface area contributed by atoms with Crippen LogP contribution in [0.2, 0.25) is 0 Å². The van der Waals surface area contributed by atoms with Gasteiger partial charge >= 0.3 is 12.0 Å². The number of hydrogen-bond acceptors (Lipinski definition) is 4. The van der Waals surface area contributed by atoms with Crippen LogP contribution in [-0.4, -0.2) is 41.2 Å². The molecule has 3 N–H and O–H groups in total. The molecule has 0 saturated heterocycles. The van der Waals surface area contributed by atoms with Crippen LogP contribution < -0.4 is 10.6 Å². The molecule has 1 aromatic rings. The minimum Gasteiger partial charge on any atom is -0.480 e. The molecule has 0 bridgehead atoms. The molecule has 0 spiro atoms. The number of carbonyl (C=O) groups excluding carboxylic acids is 1. The van der Waals surface area contributed by atoms with Crippen LogP contribution in [0.4, 0.5) is 4.79 Å². The van der Waals surface area contributed by atoms with Crippen LogP contribution in [0.25, 0.3) is 0 Å². The third-order valence-electron chi connectivity index (χ3n) is 2.68. The van der Waals surface area contributed by atoms with Gasteiger partial charge in [-0.1, -0.05) is 0 Å². The van der Waals surface area contributed by atoms with Crippen molar-refractivity contribution in [1.82, 2.24) is 10.6 Å². The number of urea groups is 1. The zero-order chi connectivity index (χ0) is 15.0. The van der Waals surface area contributed by atoms with Gasteiger partial charge in [0.05, 0.1) is 6.26 Å². The predicted molar refractivity (Wildman–Crippen MR) is 78.0 cm³/mol. The summed E-state index contributed by atoms with van der Waals surface area (Å²) in [5.41, 5.74) is 0. The Labute approximate surface area is 122 Å². The fraction of sp³-hybridized carbons (Fsp3) is 0.538. The van der Waals surface area contributed by atoms with Crippen molar-refractivity contribution in [3.63, 3.8) is 0 Å². The lowest BCUT2D eigenvalue weighted by molar-refractivity contribution is -0.139. The summed E-state index contributed by atoms with van der Waals surface area (Å²) in [6.07, 6.45) is 4.43. The summed E-state index contributed by atoms with van der Waals surface area (Å²) >= 11 is 1.54. The van der Waals surface area contributed by atoms with Crippen LogP contribution in [-0.2, 0) is 11.2 Å². The molecule has 0 fully saturated rings. The zero-order valence-corrected chi connectivity index (χ0v) is 12.4. The second-order valence-corrected chi connectivity index (χ2v) is 5.46. The van der Waals surface area contributed by atoms with Gasteiger partial charge in [0, 0.05) is 12.5 Å². The summed E-state index contributed by atoms with van der Waals surface area (Å²) in [4.78, 5) is 22.8. The first-order valence-electron chi connectivity index (χ1n) is 6.34. The smallest absolute Gasteiger partial charge is 0.326 e. The van der Waals surface area contributed by atoms with Crippen LogP contribution in [0.15, 0.2) is 22.8 Å². The van der Waals surface area contributed by atoms with E-state index in [1.165, 1.54) is 0 Å². The third-order valence-corrected chi connectivity index (χ3v) is 3.32. The molecule has 2 amide bonds. The highest BCUT2D eigenvalue weighted by Gasteiger charge is 2.20. The maximum Gasteiger partial charge on any atom is 0.326 e. The Balaban J connectivity index is 2.38.